The summed E-state index contributed by atoms with van der Waals surface area (Å²) in [5, 5.41) is 3.59. The number of rotatable bonds is 6. The Hall–Kier alpha value is -0.0800. The number of hydrogen-bond donors (Lipinski definition) is 1. The standard InChI is InChI=1S/C13H27NO/c1-4-14-13(11(2)3)6-5-12-7-9-15-10-8-12/h11-14H,4-10H2,1-3H3. The van der Waals surface area contributed by atoms with Crippen LogP contribution < -0.4 is 5.32 Å². The van der Waals surface area contributed by atoms with Gasteiger partial charge in [-0.05, 0) is 44.1 Å². The van der Waals surface area contributed by atoms with Crippen molar-refractivity contribution in [2.24, 2.45) is 11.8 Å². The molecule has 1 saturated heterocycles. The van der Waals surface area contributed by atoms with Crippen LogP contribution >= 0.6 is 0 Å². The van der Waals surface area contributed by atoms with Crippen LogP contribution in [0.3, 0.4) is 0 Å². The Morgan fingerprint density at radius 3 is 2.47 bits per heavy atom. The predicted octanol–water partition coefficient (Wildman–Crippen LogP) is 2.83. The number of ether oxygens (including phenoxy) is 1. The van der Waals surface area contributed by atoms with Crippen LogP contribution in [0.5, 0.6) is 0 Å². The summed E-state index contributed by atoms with van der Waals surface area (Å²) in [6, 6.07) is 0.706. The Morgan fingerprint density at radius 1 is 1.27 bits per heavy atom. The smallest absolute Gasteiger partial charge is 0.0468 e. The van der Waals surface area contributed by atoms with Crippen molar-refractivity contribution in [3.05, 3.63) is 0 Å². The van der Waals surface area contributed by atoms with Gasteiger partial charge in [-0.25, -0.2) is 0 Å². The fourth-order valence-electron chi connectivity index (χ4n) is 2.38. The Bertz CT molecular complexity index is 153. The fraction of sp³-hybridized carbons (Fsp3) is 1.00. The van der Waals surface area contributed by atoms with Gasteiger partial charge < -0.3 is 10.1 Å². The lowest BCUT2D eigenvalue weighted by molar-refractivity contribution is 0.0619. The van der Waals surface area contributed by atoms with Crippen molar-refractivity contribution in [3.8, 4) is 0 Å². The summed E-state index contributed by atoms with van der Waals surface area (Å²) in [4.78, 5) is 0. The molecule has 0 amide bonds. The SMILES string of the molecule is CCNC(CCC1CCOCC1)C(C)C. The molecule has 1 rings (SSSR count). The molecule has 1 aliphatic rings. The summed E-state index contributed by atoms with van der Waals surface area (Å²) < 4.78 is 5.39. The minimum atomic E-state index is 0.706. The van der Waals surface area contributed by atoms with Gasteiger partial charge in [0, 0.05) is 19.3 Å². The van der Waals surface area contributed by atoms with Crippen LogP contribution in [0.4, 0.5) is 0 Å². The zero-order valence-electron chi connectivity index (χ0n) is 10.6. The van der Waals surface area contributed by atoms with Gasteiger partial charge in [-0.15, -0.1) is 0 Å². The quantitative estimate of drug-likeness (QED) is 0.732. The summed E-state index contributed by atoms with van der Waals surface area (Å²) >= 11 is 0. The van der Waals surface area contributed by atoms with E-state index in [4.69, 9.17) is 4.74 Å². The highest BCUT2D eigenvalue weighted by atomic mass is 16.5. The normalized spacial score (nSPS) is 20.8. The van der Waals surface area contributed by atoms with Crippen LogP contribution in [0.2, 0.25) is 0 Å². The maximum atomic E-state index is 5.39. The number of nitrogens with one attached hydrogen (secondary N) is 1. The maximum Gasteiger partial charge on any atom is 0.0468 e. The van der Waals surface area contributed by atoms with E-state index in [1.54, 1.807) is 0 Å². The van der Waals surface area contributed by atoms with Gasteiger partial charge in [0.25, 0.3) is 0 Å². The molecule has 2 nitrogen and oxygen atoms in total. The zero-order valence-corrected chi connectivity index (χ0v) is 10.6. The molecule has 1 N–H and O–H groups in total. The highest BCUT2D eigenvalue weighted by molar-refractivity contribution is 4.73. The van der Waals surface area contributed by atoms with E-state index in [0.29, 0.717) is 6.04 Å². The Balaban J connectivity index is 2.19. The van der Waals surface area contributed by atoms with Crippen LogP contribution in [0, 0.1) is 11.8 Å². The Kier molecular flexibility index (Phi) is 6.26. The van der Waals surface area contributed by atoms with Crippen molar-refractivity contribution in [2.45, 2.75) is 52.5 Å². The van der Waals surface area contributed by atoms with E-state index < -0.39 is 0 Å². The van der Waals surface area contributed by atoms with E-state index in [0.717, 1.165) is 31.6 Å². The van der Waals surface area contributed by atoms with E-state index in [2.05, 4.69) is 26.1 Å². The van der Waals surface area contributed by atoms with Crippen molar-refractivity contribution >= 4 is 0 Å². The van der Waals surface area contributed by atoms with E-state index >= 15 is 0 Å². The average molecular weight is 213 g/mol. The predicted molar refractivity (Wildman–Crippen MR) is 65.1 cm³/mol. The molecule has 0 aromatic rings. The van der Waals surface area contributed by atoms with Gasteiger partial charge in [-0.2, -0.15) is 0 Å². The van der Waals surface area contributed by atoms with Gasteiger partial charge in [0.2, 0.25) is 0 Å². The molecule has 0 bridgehead atoms. The molecule has 0 radical (unpaired) electrons. The topological polar surface area (TPSA) is 21.3 Å². The molecule has 0 aromatic heterocycles. The van der Waals surface area contributed by atoms with Crippen molar-refractivity contribution in [1.82, 2.24) is 5.32 Å². The highest BCUT2D eigenvalue weighted by Gasteiger charge is 2.17. The second-order valence-electron chi connectivity index (χ2n) is 5.04. The second kappa shape index (κ2) is 7.24. The van der Waals surface area contributed by atoms with Crippen LogP contribution in [-0.4, -0.2) is 25.8 Å². The summed E-state index contributed by atoms with van der Waals surface area (Å²) in [7, 11) is 0. The van der Waals surface area contributed by atoms with Crippen molar-refractivity contribution in [3.63, 3.8) is 0 Å². The zero-order chi connectivity index (χ0) is 11.1. The molecule has 1 unspecified atom stereocenters. The Labute approximate surface area is 94.8 Å². The fourth-order valence-corrected chi connectivity index (χ4v) is 2.38. The first-order valence-electron chi connectivity index (χ1n) is 6.55. The van der Waals surface area contributed by atoms with Gasteiger partial charge in [0.05, 0.1) is 0 Å². The van der Waals surface area contributed by atoms with Crippen LogP contribution in [0.1, 0.15) is 46.5 Å². The lowest BCUT2D eigenvalue weighted by Gasteiger charge is -2.26. The molecule has 0 saturated carbocycles. The maximum absolute atomic E-state index is 5.39. The Morgan fingerprint density at radius 2 is 1.93 bits per heavy atom. The third kappa shape index (κ3) is 4.98. The molecule has 15 heavy (non-hydrogen) atoms. The first-order valence-corrected chi connectivity index (χ1v) is 6.55. The molecule has 1 atom stereocenters. The summed E-state index contributed by atoms with van der Waals surface area (Å²) in [5.74, 6) is 1.67. The molecule has 90 valence electrons. The second-order valence-corrected chi connectivity index (χ2v) is 5.04. The van der Waals surface area contributed by atoms with Gasteiger partial charge >= 0.3 is 0 Å². The van der Waals surface area contributed by atoms with E-state index in [9.17, 15) is 0 Å². The molecule has 1 fully saturated rings. The third-order valence-corrected chi connectivity index (χ3v) is 3.50. The van der Waals surface area contributed by atoms with Gasteiger partial charge in [0.1, 0.15) is 0 Å². The van der Waals surface area contributed by atoms with E-state index in [1.807, 2.05) is 0 Å². The third-order valence-electron chi connectivity index (χ3n) is 3.50. The lowest BCUT2D eigenvalue weighted by atomic mass is 9.90. The van der Waals surface area contributed by atoms with Crippen molar-refractivity contribution in [2.75, 3.05) is 19.8 Å². The molecule has 0 aromatic carbocycles. The van der Waals surface area contributed by atoms with Gasteiger partial charge in [0.15, 0.2) is 0 Å². The molecular weight excluding hydrogens is 186 g/mol. The lowest BCUT2D eigenvalue weighted by Crippen LogP contribution is -2.34. The molecule has 1 aliphatic heterocycles. The van der Waals surface area contributed by atoms with Crippen LogP contribution in [0.25, 0.3) is 0 Å². The number of hydrogen-bond acceptors (Lipinski definition) is 2. The first-order chi connectivity index (χ1) is 7.24. The van der Waals surface area contributed by atoms with Crippen LogP contribution in [-0.2, 0) is 4.74 Å². The summed E-state index contributed by atoms with van der Waals surface area (Å²) in [6.07, 6.45) is 5.25. The van der Waals surface area contributed by atoms with Crippen LogP contribution in [0.15, 0.2) is 0 Å². The minimum absolute atomic E-state index is 0.706. The van der Waals surface area contributed by atoms with E-state index in [1.165, 1.54) is 25.7 Å². The van der Waals surface area contributed by atoms with Gasteiger partial charge in [-0.3, -0.25) is 0 Å². The first kappa shape index (κ1) is 13.0. The van der Waals surface area contributed by atoms with Crippen molar-refractivity contribution in [1.29, 1.82) is 0 Å². The monoisotopic (exact) mass is 213 g/mol. The van der Waals surface area contributed by atoms with Crippen molar-refractivity contribution < 1.29 is 4.74 Å². The average Bonchev–Trinajstić information content (AvgIpc) is 2.25. The molecule has 0 aliphatic carbocycles. The highest BCUT2D eigenvalue weighted by Crippen LogP contribution is 2.22. The molecule has 0 spiro atoms. The molecule has 2 heteroatoms. The molecule has 1 heterocycles. The molecular formula is C13H27NO. The van der Waals surface area contributed by atoms with Gasteiger partial charge in [-0.1, -0.05) is 20.8 Å². The summed E-state index contributed by atoms with van der Waals surface area (Å²) in [5.41, 5.74) is 0. The minimum Gasteiger partial charge on any atom is -0.381 e. The van der Waals surface area contributed by atoms with E-state index in [-0.39, 0.29) is 0 Å². The largest absolute Gasteiger partial charge is 0.381 e. The summed E-state index contributed by atoms with van der Waals surface area (Å²) in [6.45, 7) is 9.89.